The first-order chi connectivity index (χ1) is 9.60. The zero-order valence-electron chi connectivity index (χ0n) is 12.4. The molecule has 110 valence electrons. The number of hydrogen-bond donors (Lipinski definition) is 1. The van der Waals surface area contributed by atoms with Crippen molar-refractivity contribution in [2.75, 3.05) is 19.0 Å². The first kappa shape index (κ1) is 14.9. The third-order valence-corrected chi connectivity index (χ3v) is 3.35. The second-order valence-corrected chi connectivity index (χ2v) is 5.58. The van der Waals surface area contributed by atoms with Crippen LogP contribution in [0.4, 0.5) is 5.69 Å². The molecule has 0 aliphatic heterocycles. The van der Waals surface area contributed by atoms with Gasteiger partial charge in [-0.25, -0.2) is 4.79 Å². The van der Waals surface area contributed by atoms with Crippen LogP contribution >= 0.6 is 0 Å². The lowest BCUT2D eigenvalue weighted by atomic mass is 10.1. The van der Waals surface area contributed by atoms with Crippen LogP contribution in [-0.2, 0) is 9.47 Å². The zero-order valence-corrected chi connectivity index (χ0v) is 12.4. The summed E-state index contributed by atoms with van der Waals surface area (Å²) in [6.07, 6.45) is 2.43. The van der Waals surface area contributed by atoms with Crippen molar-refractivity contribution in [2.45, 2.75) is 38.8 Å². The molecule has 1 N–H and O–H groups in total. The van der Waals surface area contributed by atoms with Crippen molar-refractivity contribution in [3.63, 3.8) is 0 Å². The molecule has 0 radical (unpaired) electrons. The van der Waals surface area contributed by atoms with Gasteiger partial charge in [-0.15, -0.1) is 0 Å². The predicted octanol–water partition coefficient (Wildman–Crippen LogP) is 3.09. The maximum absolute atomic E-state index is 11.7. The topological polar surface area (TPSA) is 47.6 Å². The fourth-order valence-corrected chi connectivity index (χ4v) is 2.17. The van der Waals surface area contributed by atoms with E-state index in [4.69, 9.17) is 9.47 Å². The van der Waals surface area contributed by atoms with E-state index in [0.29, 0.717) is 24.1 Å². The lowest BCUT2D eigenvalue weighted by molar-refractivity contribution is 0.0378. The second kappa shape index (κ2) is 6.75. The van der Waals surface area contributed by atoms with Gasteiger partial charge in [0.2, 0.25) is 0 Å². The number of carbonyl (C=O) groups excluding carboxylic acids is 1. The Labute approximate surface area is 120 Å². The van der Waals surface area contributed by atoms with Crippen molar-refractivity contribution in [3.05, 3.63) is 29.8 Å². The van der Waals surface area contributed by atoms with E-state index < -0.39 is 0 Å². The molecular formula is C16H23NO3. The lowest BCUT2D eigenvalue weighted by Crippen LogP contribution is -2.27. The summed E-state index contributed by atoms with van der Waals surface area (Å²) < 4.78 is 10.4. The molecule has 1 aromatic rings. The zero-order chi connectivity index (χ0) is 14.5. The molecule has 1 aliphatic carbocycles. The third kappa shape index (κ3) is 4.23. The number of rotatable bonds is 7. The molecule has 1 atom stereocenters. The molecule has 0 saturated heterocycles. The Kier molecular flexibility index (Phi) is 5.01. The minimum absolute atomic E-state index is 0.0961. The largest absolute Gasteiger partial charge is 0.459 e. The van der Waals surface area contributed by atoms with Crippen LogP contribution in [0.3, 0.4) is 0 Å². The number of benzene rings is 1. The van der Waals surface area contributed by atoms with Gasteiger partial charge in [-0.05, 0) is 56.9 Å². The highest BCUT2D eigenvalue weighted by molar-refractivity contribution is 5.89. The highest BCUT2D eigenvalue weighted by Crippen LogP contribution is 2.34. The van der Waals surface area contributed by atoms with Crippen LogP contribution in [0.1, 0.15) is 37.0 Å². The van der Waals surface area contributed by atoms with Gasteiger partial charge >= 0.3 is 5.97 Å². The van der Waals surface area contributed by atoms with E-state index in [1.54, 1.807) is 19.2 Å². The molecule has 20 heavy (non-hydrogen) atoms. The van der Waals surface area contributed by atoms with Crippen molar-refractivity contribution < 1.29 is 14.3 Å². The van der Waals surface area contributed by atoms with Crippen molar-refractivity contribution in [1.82, 2.24) is 0 Å². The van der Waals surface area contributed by atoms with Gasteiger partial charge in [-0.2, -0.15) is 0 Å². The molecule has 0 aromatic heterocycles. The molecule has 1 unspecified atom stereocenters. The smallest absolute Gasteiger partial charge is 0.338 e. The van der Waals surface area contributed by atoms with Gasteiger partial charge in [-0.1, -0.05) is 0 Å². The molecule has 0 bridgehead atoms. The van der Waals surface area contributed by atoms with E-state index >= 15 is 0 Å². The maximum Gasteiger partial charge on any atom is 0.338 e. The molecule has 1 fully saturated rings. The van der Waals surface area contributed by atoms with Crippen LogP contribution < -0.4 is 5.32 Å². The van der Waals surface area contributed by atoms with Crippen LogP contribution in [0.2, 0.25) is 0 Å². The van der Waals surface area contributed by atoms with Crippen LogP contribution in [-0.4, -0.2) is 31.8 Å². The average Bonchev–Trinajstić information content (AvgIpc) is 3.22. The van der Waals surface area contributed by atoms with Crippen molar-refractivity contribution in [1.29, 1.82) is 0 Å². The van der Waals surface area contributed by atoms with Crippen LogP contribution in [0.25, 0.3) is 0 Å². The van der Waals surface area contributed by atoms with Gasteiger partial charge in [0.1, 0.15) is 0 Å². The monoisotopic (exact) mass is 277 g/mol. The number of nitrogens with one attached hydrogen (secondary N) is 1. The number of methoxy groups -OCH3 is 1. The van der Waals surface area contributed by atoms with Crippen LogP contribution in [0.5, 0.6) is 0 Å². The Morgan fingerprint density at radius 1 is 1.30 bits per heavy atom. The molecule has 1 aromatic carbocycles. The molecule has 2 rings (SSSR count). The summed E-state index contributed by atoms with van der Waals surface area (Å²) in [5, 5.41) is 3.47. The summed E-state index contributed by atoms with van der Waals surface area (Å²) in [7, 11) is 1.72. The van der Waals surface area contributed by atoms with E-state index in [1.165, 1.54) is 12.8 Å². The van der Waals surface area contributed by atoms with E-state index in [2.05, 4.69) is 5.32 Å². The number of hydrogen-bond acceptors (Lipinski definition) is 4. The quantitative estimate of drug-likeness (QED) is 0.778. The maximum atomic E-state index is 11.7. The number of anilines is 1. The lowest BCUT2D eigenvalue weighted by Gasteiger charge is -2.18. The molecule has 1 saturated carbocycles. The fourth-order valence-electron chi connectivity index (χ4n) is 2.17. The summed E-state index contributed by atoms with van der Waals surface area (Å²) in [4.78, 5) is 11.7. The summed E-state index contributed by atoms with van der Waals surface area (Å²) in [5.41, 5.74) is 1.60. The fraction of sp³-hybridized carbons (Fsp3) is 0.562. The van der Waals surface area contributed by atoms with Crippen molar-refractivity contribution in [2.24, 2.45) is 5.92 Å². The SMILES string of the molecule is COCC(Nc1ccc(C(=O)OC(C)C)cc1)C1CC1. The summed E-state index contributed by atoms with van der Waals surface area (Å²) in [6, 6.07) is 7.78. The molecule has 4 heteroatoms. The average molecular weight is 277 g/mol. The van der Waals surface area contributed by atoms with Crippen LogP contribution in [0, 0.1) is 5.92 Å². The van der Waals surface area contributed by atoms with Gasteiger partial charge in [0.05, 0.1) is 24.3 Å². The third-order valence-electron chi connectivity index (χ3n) is 3.35. The molecule has 0 amide bonds. The summed E-state index contributed by atoms with van der Waals surface area (Å²) >= 11 is 0. The van der Waals surface area contributed by atoms with E-state index in [-0.39, 0.29) is 12.1 Å². The van der Waals surface area contributed by atoms with Gasteiger partial charge < -0.3 is 14.8 Å². The minimum Gasteiger partial charge on any atom is -0.459 e. The second-order valence-electron chi connectivity index (χ2n) is 5.58. The Balaban J connectivity index is 1.95. The van der Waals surface area contributed by atoms with E-state index in [9.17, 15) is 4.79 Å². The van der Waals surface area contributed by atoms with Gasteiger partial charge in [0.15, 0.2) is 0 Å². The summed E-state index contributed by atoms with van der Waals surface area (Å²) in [5.74, 6) is 0.433. The van der Waals surface area contributed by atoms with Gasteiger partial charge in [0.25, 0.3) is 0 Å². The normalized spacial score (nSPS) is 16.0. The standard InChI is InChI=1S/C16H23NO3/c1-11(2)20-16(18)13-6-8-14(9-7-13)17-15(10-19-3)12-4-5-12/h6-9,11-12,15,17H,4-5,10H2,1-3H3. The van der Waals surface area contributed by atoms with Crippen molar-refractivity contribution in [3.8, 4) is 0 Å². The summed E-state index contributed by atoms with van der Waals surface area (Å²) in [6.45, 7) is 4.40. The van der Waals surface area contributed by atoms with E-state index in [0.717, 1.165) is 5.69 Å². The van der Waals surface area contributed by atoms with Crippen molar-refractivity contribution >= 4 is 11.7 Å². The molecule has 0 spiro atoms. The molecule has 0 heterocycles. The first-order valence-corrected chi connectivity index (χ1v) is 7.16. The molecule has 4 nitrogen and oxygen atoms in total. The highest BCUT2D eigenvalue weighted by Gasteiger charge is 2.31. The Bertz CT molecular complexity index is 438. The number of ether oxygens (including phenoxy) is 2. The Morgan fingerprint density at radius 2 is 1.95 bits per heavy atom. The van der Waals surface area contributed by atoms with Gasteiger partial charge in [-0.3, -0.25) is 0 Å². The first-order valence-electron chi connectivity index (χ1n) is 7.16. The van der Waals surface area contributed by atoms with E-state index in [1.807, 2.05) is 26.0 Å². The molecule has 1 aliphatic rings. The highest BCUT2D eigenvalue weighted by atomic mass is 16.5. The number of carbonyl (C=O) groups is 1. The van der Waals surface area contributed by atoms with Gasteiger partial charge in [0, 0.05) is 12.8 Å². The Morgan fingerprint density at radius 3 is 2.45 bits per heavy atom. The molecular weight excluding hydrogens is 254 g/mol. The predicted molar refractivity (Wildman–Crippen MR) is 79.0 cm³/mol. The minimum atomic E-state index is -0.276. The van der Waals surface area contributed by atoms with Crippen LogP contribution in [0.15, 0.2) is 24.3 Å². The Hall–Kier alpha value is -1.55. The number of esters is 1.